The van der Waals surface area contributed by atoms with Crippen LogP contribution in [0, 0.1) is 6.92 Å². The third-order valence-corrected chi connectivity index (χ3v) is 4.12. The highest BCUT2D eigenvalue weighted by Crippen LogP contribution is 2.15. The van der Waals surface area contributed by atoms with Crippen molar-refractivity contribution in [2.45, 2.75) is 24.3 Å². The van der Waals surface area contributed by atoms with E-state index in [9.17, 15) is 13.2 Å². The van der Waals surface area contributed by atoms with Gasteiger partial charge in [0.15, 0.2) is 0 Å². The molecule has 0 amide bonds. The van der Waals surface area contributed by atoms with Gasteiger partial charge in [0.25, 0.3) is 0 Å². The Morgan fingerprint density at radius 3 is 2.28 bits per heavy atom. The highest BCUT2D eigenvalue weighted by Gasteiger charge is 2.34. The molecule has 0 bridgehead atoms. The summed E-state index contributed by atoms with van der Waals surface area (Å²) in [6, 6.07) is 6.12. The molecule has 0 aliphatic carbocycles. The molecule has 0 fully saturated rings. The van der Waals surface area contributed by atoms with Crippen LogP contribution < -0.4 is 4.72 Å². The SMILES string of the molecule is C=CC(C)(NS(=O)(=O)c1ccc(C)cc1)C(=O)O. The Morgan fingerprint density at radius 1 is 1.39 bits per heavy atom. The molecule has 0 radical (unpaired) electrons. The van der Waals surface area contributed by atoms with Gasteiger partial charge in [-0.1, -0.05) is 23.8 Å². The number of benzene rings is 1. The molecular formula is C12H15NO4S. The van der Waals surface area contributed by atoms with Gasteiger partial charge in [-0.15, -0.1) is 6.58 Å². The minimum Gasteiger partial charge on any atom is -0.480 e. The van der Waals surface area contributed by atoms with Gasteiger partial charge in [0, 0.05) is 0 Å². The summed E-state index contributed by atoms with van der Waals surface area (Å²) in [5.74, 6) is -1.31. The summed E-state index contributed by atoms with van der Waals surface area (Å²) in [5, 5.41) is 8.99. The van der Waals surface area contributed by atoms with Crippen LogP contribution >= 0.6 is 0 Å². The van der Waals surface area contributed by atoms with Crippen LogP contribution in [0.15, 0.2) is 41.8 Å². The minimum atomic E-state index is -3.89. The summed E-state index contributed by atoms with van der Waals surface area (Å²) < 4.78 is 26.1. The average Bonchev–Trinajstić information content (AvgIpc) is 2.28. The van der Waals surface area contributed by atoms with Crippen LogP contribution in [-0.4, -0.2) is 25.0 Å². The predicted molar refractivity (Wildman–Crippen MR) is 67.7 cm³/mol. The Bertz CT molecular complexity index is 562. The number of aryl methyl sites for hydroxylation is 1. The summed E-state index contributed by atoms with van der Waals surface area (Å²) in [7, 11) is -3.89. The zero-order valence-corrected chi connectivity index (χ0v) is 11.0. The number of hydrogen-bond donors (Lipinski definition) is 2. The smallest absolute Gasteiger partial charge is 0.328 e. The van der Waals surface area contributed by atoms with E-state index in [1.807, 2.05) is 6.92 Å². The van der Waals surface area contributed by atoms with Gasteiger partial charge in [0.05, 0.1) is 4.90 Å². The van der Waals surface area contributed by atoms with Crippen LogP contribution in [-0.2, 0) is 14.8 Å². The highest BCUT2D eigenvalue weighted by molar-refractivity contribution is 7.89. The van der Waals surface area contributed by atoms with Crippen molar-refractivity contribution < 1.29 is 18.3 Å². The van der Waals surface area contributed by atoms with Crippen molar-refractivity contribution >= 4 is 16.0 Å². The minimum absolute atomic E-state index is 0.0161. The van der Waals surface area contributed by atoms with Crippen LogP contribution in [0.25, 0.3) is 0 Å². The van der Waals surface area contributed by atoms with Crippen molar-refractivity contribution in [3.63, 3.8) is 0 Å². The van der Waals surface area contributed by atoms with E-state index < -0.39 is 21.5 Å². The summed E-state index contributed by atoms with van der Waals surface area (Å²) >= 11 is 0. The fourth-order valence-corrected chi connectivity index (χ4v) is 2.57. The molecule has 5 nitrogen and oxygen atoms in total. The van der Waals surface area contributed by atoms with Crippen molar-refractivity contribution in [2.24, 2.45) is 0 Å². The summed E-state index contributed by atoms with van der Waals surface area (Å²) in [4.78, 5) is 11.0. The Labute approximate surface area is 106 Å². The van der Waals surface area contributed by atoms with Crippen molar-refractivity contribution in [3.8, 4) is 0 Å². The number of carboxylic acid groups (broad SMARTS) is 1. The first-order valence-electron chi connectivity index (χ1n) is 5.19. The molecule has 1 unspecified atom stereocenters. The maximum Gasteiger partial charge on any atom is 0.328 e. The van der Waals surface area contributed by atoms with Crippen LogP contribution in [0.1, 0.15) is 12.5 Å². The van der Waals surface area contributed by atoms with Crippen LogP contribution in [0.2, 0.25) is 0 Å². The van der Waals surface area contributed by atoms with Crippen molar-refractivity contribution in [3.05, 3.63) is 42.5 Å². The lowest BCUT2D eigenvalue weighted by Gasteiger charge is -2.21. The van der Waals surface area contributed by atoms with E-state index in [2.05, 4.69) is 11.3 Å². The zero-order chi connectivity index (χ0) is 14.0. The molecule has 6 heteroatoms. The van der Waals surface area contributed by atoms with Gasteiger partial charge < -0.3 is 5.11 Å². The second-order valence-corrected chi connectivity index (χ2v) is 5.81. The second-order valence-electron chi connectivity index (χ2n) is 4.13. The van der Waals surface area contributed by atoms with E-state index in [1.54, 1.807) is 12.1 Å². The normalized spacial score (nSPS) is 14.8. The van der Waals surface area contributed by atoms with Crippen LogP contribution in [0.3, 0.4) is 0 Å². The summed E-state index contributed by atoms with van der Waals surface area (Å²) in [6.45, 7) is 6.40. The molecule has 0 spiro atoms. The summed E-state index contributed by atoms with van der Waals surface area (Å²) in [6.07, 6.45) is 1.04. The van der Waals surface area contributed by atoms with Gasteiger partial charge in [-0.3, -0.25) is 0 Å². The van der Waals surface area contributed by atoms with E-state index in [1.165, 1.54) is 19.1 Å². The Morgan fingerprint density at radius 2 is 1.89 bits per heavy atom. The van der Waals surface area contributed by atoms with Gasteiger partial charge in [0.1, 0.15) is 5.54 Å². The number of sulfonamides is 1. The van der Waals surface area contributed by atoms with Crippen molar-refractivity contribution in [2.75, 3.05) is 0 Å². The predicted octanol–water partition coefficient (Wildman–Crippen LogP) is 1.30. The fourth-order valence-electron chi connectivity index (χ4n) is 1.23. The average molecular weight is 269 g/mol. The number of aliphatic carboxylic acids is 1. The Hall–Kier alpha value is -1.66. The molecule has 2 N–H and O–H groups in total. The standard InChI is InChI=1S/C12H15NO4S/c1-4-12(3,11(14)15)13-18(16,17)10-7-5-9(2)6-8-10/h4-8,13H,1H2,2-3H3,(H,14,15). The van der Waals surface area contributed by atoms with E-state index in [-0.39, 0.29) is 4.90 Å². The number of hydrogen-bond acceptors (Lipinski definition) is 3. The molecule has 1 atom stereocenters. The lowest BCUT2D eigenvalue weighted by atomic mass is 10.1. The molecule has 0 aromatic heterocycles. The first-order valence-corrected chi connectivity index (χ1v) is 6.67. The van der Waals surface area contributed by atoms with E-state index in [0.717, 1.165) is 11.6 Å². The molecule has 0 aliphatic heterocycles. The zero-order valence-electron chi connectivity index (χ0n) is 10.2. The van der Waals surface area contributed by atoms with Gasteiger partial charge in [0.2, 0.25) is 10.0 Å². The lowest BCUT2D eigenvalue weighted by molar-refractivity contribution is -0.141. The first kappa shape index (κ1) is 14.4. The lowest BCUT2D eigenvalue weighted by Crippen LogP contribution is -2.50. The van der Waals surface area contributed by atoms with Crippen LogP contribution in [0.5, 0.6) is 0 Å². The first-order chi connectivity index (χ1) is 8.21. The monoisotopic (exact) mass is 269 g/mol. The molecule has 0 heterocycles. The molecule has 98 valence electrons. The van der Waals surface area contributed by atoms with E-state index >= 15 is 0 Å². The van der Waals surface area contributed by atoms with E-state index in [4.69, 9.17) is 5.11 Å². The molecule has 1 aromatic carbocycles. The number of carboxylic acids is 1. The third kappa shape index (κ3) is 2.96. The fraction of sp³-hybridized carbons (Fsp3) is 0.250. The summed E-state index contributed by atoms with van der Waals surface area (Å²) in [5.41, 5.74) is -0.817. The molecule has 0 saturated carbocycles. The highest BCUT2D eigenvalue weighted by atomic mass is 32.2. The van der Waals surface area contributed by atoms with Gasteiger partial charge in [-0.2, -0.15) is 4.72 Å². The topological polar surface area (TPSA) is 83.5 Å². The van der Waals surface area contributed by atoms with E-state index in [0.29, 0.717) is 0 Å². The van der Waals surface area contributed by atoms with Gasteiger partial charge in [-0.05, 0) is 26.0 Å². The molecule has 0 saturated heterocycles. The molecule has 0 aliphatic rings. The Balaban J connectivity index is 3.13. The maximum absolute atomic E-state index is 12.0. The molecular weight excluding hydrogens is 254 g/mol. The second kappa shape index (κ2) is 4.91. The van der Waals surface area contributed by atoms with Gasteiger partial charge >= 0.3 is 5.97 Å². The number of nitrogens with one attached hydrogen (secondary N) is 1. The maximum atomic E-state index is 12.0. The molecule has 1 aromatic rings. The third-order valence-electron chi connectivity index (χ3n) is 2.53. The Kier molecular flexibility index (Phi) is 3.93. The molecule has 1 rings (SSSR count). The number of rotatable bonds is 5. The largest absolute Gasteiger partial charge is 0.480 e. The van der Waals surface area contributed by atoms with Gasteiger partial charge in [-0.25, -0.2) is 13.2 Å². The van der Waals surface area contributed by atoms with Crippen molar-refractivity contribution in [1.29, 1.82) is 0 Å². The van der Waals surface area contributed by atoms with Crippen molar-refractivity contribution in [1.82, 2.24) is 4.72 Å². The number of carbonyl (C=O) groups is 1. The molecule has 18 heavy (non-hydrogen) atoms. The quantitative estimate of drug-likeness (QED) is 0.789. The van der Waals surface area contributed by atoms with Crippen LogP contribution in [0.4, 0.5) is 0 Å².